The predicted octanol–water partition coefficient (Wildman–Crippen LogP) is 1.11. The van der Waals surface area contributed by atoms with E-state index in [1.165, 1.54) is 0 Å². The summed E-state index contributed by atoms with van der Waals surface area (Å²) in [5.74, 6) is -0.310. The molecule has 1 heterocycles. The maximum atomic E-state index is 11.8. The standard InChI is InChI=1S/C12H15NO4/c1-11(2)7-3-4-12(11)8(5-7)17-10(16)13(12)9(15)6-14/h6-8H,3-5H2,1-2H3/t7-,8-,12-/m1/s1. The lowest BCUT2D eigenvalue weighted by molar-refractivity contribution is -0.141. The first-order valence-electron chi connectivity index (χ1n) is 5.95. The molecule has 92 valence electrons. The van der Waals surface area contributed by atoms with Crippen molar-refractivity contribution in [3.63, 3.8) is 0 Å². The molecule has 2 bridgehead atoms. The number of nitrogens with zero attached hydrogens (tertiary/aromatic N) is 1. The molecule has 3 aliphatic rings. The van der Waals surface area contributed by atoms with Gasteiger partial charge in [0.1, 0.15) is 6.10 Å². The largest absolute Gasteiger partial charge is 0.443 e. The molecule has 17 heavy (non-hydrogen) atoms. The van der Waals surface area contributed by atoms with Gasteiger partial charge >= 0.3 is 6.09 Å². The van der Waals surface area contributed by atoms with E-state index < -0.39 is 17.5 Å². The number of aldehydes is 1. The van der Waals surface area contributed by atoms with Gasteiger partial charge in [0.25, 0.3) is 5.91 Å². The van der Waals surface area contributed by atoms with Gasteiger partial charge in [-0.3, -0.25) is 9.59 Å². The maximum absolute atomic E-state index is 11.8. The highest BCUT2D eigenvalue weighted by molar-refractivity contribution is 6.27. The second-order valence-electron chi connectivity index (χ2n) is 5.78. The second-order valence-corrected chi connectivity index (χ2v) is 5.78. The summed E-state index contributed by atoms with van der Waals surface area (Å²) in [5.41, 5.74) is -0.755. The Hall–Kier alpha value is -1.39. The smallest absolute Gasteiger partial charge is 0.417 e. The van der Waals surface area contributed by atoms with E-state index in [2.05, 4.69) is 13.8 Å². The van der Waals surface area contributed by atoms with Crippen LogP contribution in [0.2, 0.25) is 0 Å². The number of ether oxygens (including phenoxy) is 1. The predicted molar refractivity (Wildman–Crippen MR) is 57.0 cm³/mol. The van der Waals surface area contributed by atoms with E-state index in [1.807, 2.05) is 0 Å². The van der Waals surface area contributed by atoms with Crippen molar-refractivity contribution in [1.82, 2.24) is 4.90 Å². The molecule has 1 saturated heterocycles. The van der Waals surface area contributed by atoms with Gasteiger partial charge in [-0.1, -0.05) is 13.8 Å². The van der Waals surface area contributed by atoms with Crippen LogP contribution < -0.4 is 0 Å². The fraction of sp³-hybridized carbons (Fsp3) is 0.750. The van der Waals surface area contributed by atoms with E-state index in [9.17, 15) is 14.4 Å². The first-order valence-corrected chi connectivity index (χ1v) is 5.95. The van der Waals surface area contributed by atoms with E-state index in [4.69, 9.17) is 4.74 Å². The zero-order valence-corrected chi connectivity index (χ0v) is 9.93. The van der Waals surface area contributed by atoms with E-state index in [1.54, 1.807) is 0 Å². The van der Waals surface area contributed by atoms with Crippen molar-refractivity contribution in [2.24, 2.45) is 11.3 Å². The number of fused-ring (bicyclic) bond motifs is 1. The Morgan fingerprint density at radius 2 is 2.24 bits per heavy atom. The molecule has 0 unspecified atom stereocenters. The zero-order valence-electron chi connectivity index (χ0n) is 9.93. The highest BCUT2D eigenvalue weighted by Gasteiger charge is 2.73. The van der Waals surface area contributed by atoms with Crippen LogP contribution in [0.4, 0.5) is 4.79 Å². The van der Waals surface area contributed by atoms with Crippen molar-refractivity contribution in [3.05, 3.63) is 0 Å². The van der Waals surface area contributed by atoms with Gasteiger partial charge in [-0.05, 0) is 30.6 Å². The second kappa shape index (κ2) is 2.89. The maximum Gasteiger partial charge on any atom is 0.417 e. The third-order valence-corrected chi connectivity index (χ3v) is 5.19. The van der Waals surface area contributed by atoms with Crippen molar-refractivity contribution in [3.8, 4) is 0 Å². The monoisotopic (exact) mass is 237 g/mol. The Morgan fingerprint density at radius 1 is 1.53 bits per heavy atom. The lowest BCUT2D eigenvalue weighted by atomic mass is 9.74. The molecular weight excluding hydrogens is 222 g/mol. The average Bonchev–Trinajstić information content (AvgIpc) is 2.78. The minimum Gasteiger partial charge on any atom is -0.443 e. The van der Waals surface area contributed by atoms with Gasteiger partial charge in [0, 0.05) is 0 Å². The van der Waals surface area contributed by atoms with Gasteiger partial charge in [-0.15, -0.1) is 0 Å². The lowest BCUT2D eigenvalue weighted by Crippen LogP contribution is -2.57. The molecule has 0 aromatic carbocycles. The molecular formula is C12H15NO4. The summed E-state index contributed by atoms with van der Waals surface area (Å²) in [5, 5.41) is 0. The van der Waals surface area contributed by atoms with Crippen LogP contribution in [0.5, 0.6) is 0 Å². The summed E-state index contributed by atoms with van der Waals surface area (Å²) in [6.45, 7) is 4.13. The van der Waals surface area contributed by atoms with Crippen molar-refractivity contribution in [2.45, 2.75) is 44.8 Å². The Bertz CT molecular complexity index is 430. The third kappa shape index (κ3) is 0.944. The molecule has 3 rings (SSSR count). The van der Waals surface area contributed by atoms with Gasteiger partial charge in [-0.25, -0.2) is 9.69 Å². The molecule has 5 heteroatoms. The van der Waals surface area contributed by atoms with E-state index in [0.29, 0.717) is 5.92 Å². The van der Waals surface area contributed by atoms with Crippen molar-refractivity contribution < 1.29 is 19.1 Å². The van der Waals surface area contributed by atoms with Crippen LogP contribution >= 0.6 is 0 Å². The first-order chi connectivity index (χ1) is 7.95. The van der Waals surface area contributed by atoms with Crippen LogP contribution in [0.25, 0.3) is 0 Å². The quantitative estimate of drug-likeness (QED) is 0.506. The number of hydrogen-bond acceptors (Lipinski definition) is 4. The third-order valence-electron chi connectivity index (χ3n) is 5.19. The molecule has 0 aromatic heterocycles. The van der Waals surface area contributed by atoms with Crippen LogP contribution in [-0.4, -0.2) is 34.8 Å². The lowest BCUT2D eigenvalue weighted by Gasteiger charge is -2.40. The summed E-state index contributed by atoms with van der Waals surface area (Å²) in [4.78, 5) is 35.3. The number of carbonyl (C=O) groups is 3. The van der Waals surface area contributed by atoms with Crippen molar-refractivity contribution in [1.29, 1.82) is 0 Å². The molecule has 1 aliphatic heterocycles. The zero-order chi connectivity index (χ0) is 12.4. The molecule has 0 aromatic rings. The van der Waals surface area contributed by atoms with Gasteiger partial charge < -0.3 is 4.74 Å². The van der Waals surface area contributed by atoms with Crippen LogP contribution in [0.3, 0.4) is 0 Å². The highest BCUT2D eigenvalue weighted by atomic mass is 16.6. The van der Waals surface area contributed by atoms with Crippen LogP contribution in [0.15, 0.2) is 0 Å². The van der Waals surface area contributed by atoms with E-state index >= 15 is 0 Å². The molecule has 2 aliphatic carbocycles. The molecule has 2 saturated carbocycles. The molecule has 3 fully saturated rings. The summed E-state index contributed by atoms with van der Waals surface area (Å²) in [6.07, 6.45) is 1.87. The minimum atomic E-state index is -0.770. The number of carbonyl (C=O) groups excluding carboxylic acids is 3. The van der Waals surface area contributed by atoms with Gasteiger partial charge in [0.15, 0.2) is 0 Å². The van der Waals surface area contributed by atoms with Gasteiger partial charge in [0.2, 0.25) is 6.29 Å². The topological polar surface area (TPSA) is 63.7 Å². The Kier molecular flexibility index (Phi) is 1.83. The van der Waals surface area contributed by atoms with Gasteiger partial charge in [0.05, 0.1) is 5.54 Å². The molecule has 3 atom stereocenters. The fourth-order valence-corrected chi connectivity index (χ4v) is 4.24. The minimum absolute atomic E-state index is 0.164. The first kappa shape index (κ1) is 10.7. The van der Waals surface area contributed by atoms with Gasteiger partial charge in [-0.2, -0.15) is 0 Å². The normalized spacial score (nSPS) is 41.3. The fourth-order valence-electron chi connectivity index (χ4n) is 4.24. The average molecular weight is 237 g/mol. The number of hydrogen-bond donors (Lipinski definition) is 0. The number of amides is 2. The van der Waals surface area contributed by atoms with Crippen molar-refractivity contribution in [2.75, 3.05) is 0 Å². The number of rotatable bonds is 1. The summed E-state index contributed by atoms with van der Waals surface area (Å²) >= 11 is 0. The molecule has 2 amide bonds. The van der Waals surface area contributed by atoms with E-state index in [0.717, 1.165) is 24.2 Å². The van der Waals surface area contributed by atoms with Crippen LogP contribution in [-0.2, 0) is 14.3 Å². The SMILES string of the molecule is CC1(C)[C@@H]2CC[C@@]13[C@@H](C2)OC(=O)N3C(=O)C=O. The number of imide groups is 1. The molecule has 5 nitrogen and oxygen atoms in total. The Balaban J connectivity index is 2.13. The van der Waals surface area contributed by atoms with Crippen LogP contribution in [0.1, 0.15) is 33.1 Å². The summed E-state index contributed by atoms with van der Waals surface area (Å²) in [7, 11) is 0. The van der Waals surface area contributed by atoms with Crippen molar-refractivity contribution >= 4 is 18.3 Å². The Morgan fingerprint density at radius 3 is 2.82 bits per heavy atom. The summed E-state index contributed by atoms with van der Waals surface area (Å²) in [6, 6.07) is 0. The summed E-state index contributed by atoms with van der Waals surface area (Å²) < 4.78 is 5.29. The van der Waals surface area contributed by atoms with Crippen LogP contribution in [0, 0.1) is 11.3 Å². The molecule has 1 spiro atoms. The molecule has 0 radical (unpaired) electrons. The highest BCUT2D eigenvalue weighted by Crippen LogP contribution is 2.65. The Labute approximate surface area is 99.1 Å². The molecule has 0 N–H and O–H groups in total. The van der Waals surface area contributed by atoms with E-state index in [-0.39, 0.29) is 17.8 Å².